The normalized spacial score (nSPS) is 11.4. The minimum atomic E-state index is -1.34. The van der Waals surface area contributed by atoms with Crippen molar-refractivity contribution >= 4 is 11.9 Å². The van der Waals surface area contributed by atoms with Crippen LogP contribution in [0.1, 0.15) is 6.92 Å². The molecule has 1 N–H and O–H groups in total. The number of carbonyl (C=O) groups excluding carboxylic acids is 2. The highest BCUT2D eigenvalue weighted by molar-refractivity contribution is 5.83. The molecule has 0 aliphatic carbocycles. The van der Waals surface area contributed by atoms with Gasteiger partial charge in [0.1, 0.15) is 11.5 Å². The zero-order valence-corrected chi connectivity index (χ0v) is 10.1. The molecule has 0 bridgehead atoms. The molecular weight excluding hydrogens is 238 g/mol. The Labute approximate surface area is 105 Å². The molecule has 1 rings (SSSR count). The SMILES string of the molecule is COc1ccc(OCC(=O)N[C@H](C)C(=O)[O-])cc1. The van der Waals surface area contributed by atoms with E-state index in [1.807, 2.05) is 0 Å². The molecular formula is C12H14NO5-. The first kappa shape index (κ1) is 13.8. The Hall–Kier alpha value is -2.24. The van der Waals surface area contributed by atoms with Gasteiger partial charge in [-0.05, 0) is 31.2 Å². The van der Waals surface area contributed by atoms with Gasteiger partial charge in [-0.15, -0.1) is 0 Å². The van der Waals surface area contributed by atoms with Gasteiger partial charge < -0.3 is 24.7 Å². The largest absolute Gasteiger partial charge is 0.548 e. The van der Waals surface area contributed by atoms with Gasteiger partial charge in [0, 0.05) is 0 Å². The quantitative estimate of drug-likeness (QED) is 0.725. The fourth-order valence-corrected chi connectivity index (χ4v) is 1.16. The van der Waals surface area contributed by atoms with E-state index in [-0.39, 0.29) is 6.61 Å². The van der Waals surface area contributed by atoms with Crippen molar-refractivity contribution in [2.75, 3.05) is 13.7 Å². The first-order valence-corrected chi connectivity index (χ1v) is 5.30. The van der Waals surface area contributed by atoms with E-state index in [2.05, 4.69) is 5.32 Å². The molecule has 18 heavy (non-hydrogen) atoms. The maximum atomic E-state index is 11.3. The third-order valence-corrected chi connectivity index (χ3v) is 2.16. The van der Waals surface area contributed by atoms with E-state index in [0.717, 1.165) is 0 Å². The zero-order valence-electron chi connectivity index (χ0n) is 10.1. The highest BCUT2D eigenvalue weighted by atomic mass is 16.5. The molecule has 0 aliphatic rings. The maximum Gasteiger partial charge on any atom is 0.258 e. The average Bonchev–Trinajstić information content (AvgIpc) is 2.36. The number of hydrogen-bond acceptors (Lipinski definition) is 5. The number of ether oxygens (including phenoxy) is 2. The fourth-order valence-electron chi connectivity index (χ4n) is 1.16. The molecule has 98 valence electrons. The third-order valence-electron chi connectivity index (χ3n) is 2.16. The van der Waals surface area contributed by atoms with Gasteiger partial charge in [-0.3, -0.25) is 4.79 Å². The van der Waals surface area contributed by atoms with E-state index in [0.29, 0.717) is 11.5 Å². The Kier molecular flexibility index (Phi) is 4.98. The zero-order chi connectivity index (χ0) is 13.5. The summed E-state index contributed by atoms with van der Waals surface area (Å²) in [6.45, 7) is 1.06. The highest BCUT2D eigenvalue weighted by Gasteiger charge is 2.08. The van der Waals surface area contributed by atoms with Gasteiger partial charge in [-0.2, -0.15) is 0 Å². The Morgan fingerprint density at radius 2 is 1.83 bits per heavy atom. The van der Waals surface area contributed by atoms with Crippen LogP contribution in [-0.2, 0) is 9.59 Å². The molecule has 1 atom stereocenters. The van der Waals surface area contributed by atoms with Crippen molar-refractivity contribution in [2.45, 2.75) is 13.0 Å². The van der Waals surface area contributed by atoms with Crippen LogP contribution in [-0.4, -0.2) is 31.6 Å². The van der Waals surface area contributed by atoms with E-state index < -0.39 is 17.9 Å². The Bertz CT molecular complexity index is 415. The molecule has 0 fully saturated rings. The molecule has 0 saturated carbocycles. The smallest absolute Gasteiger partial charge is 0.258 e. The van der Waals surface area contributed by atoms with Crippen LogP contribution in [0.2, 0.25) is 0 Å². The van der Waals surface area contributed by atoms with E-state index in [9.17, 15) is 14.7 Å². The monoisotopic (exact) mass is 252 g/mol. The summed E-state index contributed by atoms with van der Waals surface area (Å²) in [4.78, 5) is 21.7. The number of hydrogen-bond donors (Lipinski definition) is 1. The Balaban J connectivity index is 2.40. The average molecular weight is 252 g/mol. The number of rotatable bonds is 6. The molecule has 0 aromatic heterocycles. The number of benzene rings is 1. The lowest BCUT2D eigenvalue weighted by molar-refractivity contribution is -0.307. The van der Waals surface area contributed by atoms with E-state index in [1.54, 1.807) is 31.4 Å². The second kappa shape index (κ2) is 6.48. The summed E-state index contributed by atoms with van der Waals surface area (Å²) in [5, 5.41) is 12.6. The van der Waals surface area contributed by atoms with Crippen LogP contribution < -0.4 is 19.9 Å². The molecule has 1 amide bonds. The number of amides is 1. The van der Waals surface area contributed by atoms with Gasteiger partial charge >= 0.3 is 0 Å². The predicted molar refractivity (Wildman–Crippen MR) is 61.1 cm³/mol. The first-order chi connectivity index (χ1) is 8.52. The lowest BCUT2D eigenvalue weighted by Gasteiger charge is -2.14. The number of aliphatic carboxylic acids is 1. The van der Waals surface area contributed by atoms with Crippen LogP contribution in [0.15, 0.2) is 24.3 Å². The second-order valence-electron chi connectivity index (χ2n) is 3.57. The van der Waals surface area contributed by atoms with Gasteiger partial charge in [-0.25, -0.2) is 0 Å². The summed E-state index contributed by atoms with van der Waals surface area (Å²) in [5.41, 5.74) is 0. The molecule has 6 heteroatoms. The number of carbonyl (C=O) groups is 2. The summed E-state index contributed by atoms with van der Waals surface area (Å²) >= 11 is 0. The number of carboxylic acid groups (broad SMARTS) is 1. The molecule has 0 radical (unpaired) electrons. The molecule has 0 spiro atoms. The van der Waals surface area contributed by atoms with Crippen LogP contribution in [0.3, 0.4) is 0 Å². The Morgan fingerprint density at radius 1 is 1.28 bits per heavy atom. The number of methoxy groups -OCH3 is 1. The molecule has 0 heterocycles. The summed E-state index contributed by atoms with van der Waals surface area (Å²) in [7, 11) is 1.55. The van der Waals surface area contributed by atoms with Crippen LogP contribution in [0.4, 0.5) is 0 Å². The van der Waals surface area contributed by atoms with Crippen molar-refractivity contribution in [1.29, 1.82) is 0 Å². The molecule has 0 saturated heterocycles. The summed E-state index contributed by atoms with van der Waals surface area (Å²) in [5.74, 6) is -0.695. The van der Waals surface area contributed by atoms with Crippen molar-refractivity contribution in [2.24, 2.45) is 0 Å². The predicted octanol–water partition coefficient (Wildman–Crippen LogP) is -0.671. The Morgan fingerprint density at radius 3 is 2.33 bits per heavy atom. The lowest BCUT2D eigenvalue weighted by atomic mass is 10.3. The van der Waals surface area contributed by atoms with Gasteiger partial charge in [0.25, 0.3) is 5.91 Å². The van der Waals surface area contributed by atoms with Gasteiger partial charge in [0.15, 0.2) is 6.61 Å². The van der Waals surface area contributed by atoms with Crippen LogP contribution >= 0.6 is 0 Å². The fraction of sp³-hybridized carbons (Fsp3) is 0.333. The lowest BCUT2D eigenvalue weighted by Crippen LogP contribution is -2.47. The second-order valence-corrected chi connectivity index (χ2v) is 3.57. The topological polar surface area (TPSA) is 87.7 Å². The minimum Gasteiger partial charge on any atom is -0.548 e. The van der Waals surface area contributed by atoms with Crippen molar-refractivity contribution in [3.05, 3.63) is 24.3 Å². The van der Waals surface area contributed by atoms with Gasteiger partial charge in [0.05, 0.1) is 19.1 Å². The van der Waals surface area contributed by atoms with Gasteiger partial charge in [0.2, 0.25) is 0 Å². The molecule has 1 aromatic rings. The minimum absolute atomic E-state index is 0.260. The molecule has 0 aliphatic heterocycles. The van der Waals surface area contributed by atoms with E-state index >= 15 is 0 Å². The van der Waals surface area contributed by atoms with Crippen LogP contribution in [0.25, 0.3) is 0 Å². The summed E-state index contributed by atoms with van der Waals surface area (Å²) in [6.07, 6.45) is 0. The van der Waals surface area contributed by atoms with Crippen molar-refractivity contribution < 1.29 is 24.2 Å². The van der Waals surface area contributed by atoms with Gasteiger partial charge in [-0.1, -0.05) is 0 Å². The van der Waals surface area contributed by atoms with Crippen LogP contribution in [0.5, 0.6) is 11.5 Å². The first-order valence-electron chi connectivity index (χ1n) is 5.30. The van der Waals surface area contributed by atoms with Crippen molar-refractivity contribution in [3.63, 3.8) is 0 Å². The number of carboxylic acids is 1. The van der Waals surface area contributed by atoms with Crippen molar-refractivity contribution in [3.8, 4) is 11.5 Å². The number of nitrogens with one attached hydrogen (secondary N) is 1. The maximum absolute atomic E-state index is 11.3. The molecule has 0 unspecified atom stereocenters. The van der Waals surface area contributed by atoms with Crippen LogP contribution in [0, 0.1) is 0 Å². The van der Waals surface area contributed by atoms with E-state index in [4.69, 9.17) is 9.47 Å². The molecule has 1 aromatic carbocycles. The highest BCUT2D eigenvalue weighted by Crippen LogP contribution is 2.16. The summed E-state index contributed by atoms with van der Waals surface area (Å²) in [6, 6.07) is 5.63. The summed E-state index contributed by atoms with van der Waals surface area (Å²) < 4.78 is 10.1. The molecule has 6 nitrogen and oxygen atoms in total. The van der Waals surface area contributed by atoms with Crippen molar-refractivity contribution in [1.82, 2.24) is 5.32 Å². The third kappa shape index (κ3) is 4.32. The standard InChI is InChI=1S/C12H15NO5/c1-8(12(15)16)13-11(14)7-18-10-5-3-9(17-2)4-6-10/h3-6,8H,7H2,1-2H3,(H,13,14)(H,15,16)/p-1/t8-/m1/s1. The van der Waals surface area contributed by atoms with E-state index in [1.165, 1.54) is 6.92 Å².